The molecule has 1 aliphatic rings. The molecule has 156 valence electrons. The summed E-state index contributed by atoms with van der Waals surface area (Å²) in [5.41, 5.74) is 4.33. The zero-order chi connectivity index (χ0) is 19.5. The molecule has 1 aliphatic heterocycles. The van der Waals surface area contributed by atoms with Crippen molar-refractivity contribution in [3.05, 3.63) is 66.3 Å². The summed E-state index contributed by atoms with van der Waals surface area (Å²) in [7, 11) is 0. The summed E-state index contributed by atoms with van der Waals surface area (Å²) >= 11 is 0. The molecule has 1 N–H and O–H groups in total. The number of halogens is 1. The summed E-state index contributed by atoms with van der Waals surface area (Å²) in [5.74, 6) is 2.04. The van der Waals surface area contributed by atoms with Crippen LogP contribution < -0.4 is 5.32 Å². The standard InChI is InChI=1S/C23H25N5O.ClH/c1-2-9-21-20(8-1)25-16-28(21)15-18-5-3-7-19(13-18)23-26-22(29-27-23)14-17-6-4-11-24-12-10-17;/h1-3,5,7-9,13,16-17,24H,4,6,10-12,14-15H2;1H. The second kappa shape index (κ2) is 9.41. The van der Waals surface area contributed by atoms with E-state index in [0.717, 1.165) is 48.5 Å². The van der Waals surface area contributed by atoms with Crippen LogP contribution in [0, 0.1) is 5.92 Å². The predicted molar refractivity (Wildman–Crippen MR) is 120 cm³/mol. The van der Waals surface area contributed by atoms with Crippen molar-refractivity contribution in [1.82, 2.24) is 25.0 Å². The lowest BCUT2D eigenvalue weighted by Crippen LogP contribution is -2.14. The molecule has 3 heterocycles. The fraction of sp³-hybridized carbons (Fsp3) is 0.348. The smallest absolute Gasteiger partial charge is 0.227 e. The molecule has 0 saturated carbocycles. The van der Waals surface area contributed by atoms with Crippen LogP contribution in [-0.4, -0.2) is 32.8 Å². The van der Waals surface area contributed by atoms with Crippen LogP contribution in [0.5, 0.6) is 0 Å². The minimum absolute atomic E-state index is 0. The van der Waals surface area contributed by atoms with Gasteiger partial charge in [-0.1, -0.05) is 35.5 Å². The monoisotopic (exact) mass is 423 g/mol. The molecule has 0 amide bonds. The molecule has 7 heteroatoms. The van der Waals surface area contributed by atoms with E-state index in [2.05, 4.69) is 49.3 Å². The molecule has 1 atom stereocenters. The van der Waals surface area contributed by atoms with Crippen molar-refractivity contribution in [2.24, 2.45) is 5.92 Å². The van der Waals surface area contributed by atoms with E-state index in [1.807, 2.05) is 30.6 Å². The number of nitrogens with zero attached hydrogens (tertiary/aromatic N) is 4. The first kappa shape index (κ1) is 20.6. The SMILES string of the molecule is Cl.c1cc(Cn2cnc3ccccc32)cc(-c2noc(CC3CCCNCC3)n2)c1. The third-order valence-corrected chi connectivity index (χ3v) is 5.69. The van der Waals surface area contributed by atoms with Gasteiger partial charge >= 0.3 is 0 Å². The molecule has 1 unspecified atom stereocenters. The van der Waals surface area contributed by atoms with Crippen molar-refractivity contribution in [2.45, 2.75) is 32.2 Å². The van der Waals surface area contributed by atoms with Gasteiger partial charge in [0.2, 0.25) is 11.7 Å². The maximum absolute atomic E-state index is 5.57. The van der Waals surface area contributed by atoms with E-state index in [9.17, 15) is 0 Å². The Morgan fingerprint density at radius 3 is 2.97 bits per heavy atom. The predicted octanol–water partition coefficient (Wildman–Crippen LogP) is 4.49. The molecule has 6 nitrogen and oxygen atoms in total. The lowest BCUT2D eigenvalue weighted by Gasteiger charge is -2.09. The van der Waals surface area contributed by atoms with E-state index >= 15 is 0 Å². The van der Waals surface area contributed by atoms with Gasteiger partial charge in [0, 0.05) is 18.5 Å². The largest absolute Gasteiger partial charge is 0.339 e. The Morgan fingerprint density at radius 2 is 2.00 bits per heavy atom. The van der Waals surface area contributed by atoms with Gasteiger partial charge in [-0.15, -0.1) is 12.4 Å². The zero-order valence-corrected chi connectivity index (χ0v) is 17.6. The number of rotatable bonds is 5. The number of nitrogens with one attached hydrogen (secondary N) is 1. The zero-order valence-electron chi connectivity index (χ0n) is 16.8. The molecule has 5 rings (SSSR count). The maximum Gasteiger partial charge on any atom is 0.227 e. The highest BCUT2D eigenvalue weighted by atomic mass is 35.5. The van der Waals surface area contributed by atoms with Crippen LogP contribution in [0.2, 0.25) is 0 Å². The van der Waals surface area contributed by atoms with Crippen LogP contribution >= 0.6 is 12.4 Å². The topological polar surface area (TPSA) is 68.8 Å². The summed E-state index contributed by atoms with van der Waals surface area (Å²) in [4.78, 5) is 9.16. The highest BCUT2D eigenvalue weighted by Crippen LogP contribution is 2.22. The highest BCUT2D eigenvalue weighted by Gasteiger charge is 2.17. The Labute approximate surface area is 182 Å². The van der Waals surface area contributed by atoms with Gasteiger partial charge in [0.05, 0.1) is 17.4 Å². The molecular formula is C23H26ClN5O. The van der Waals surface area contributed by atoms with Crippen molar-refractivity contribution in [3.8, 4) is 11.4 Å². The Morgan fingerprint density at radius 1 is 1.07 bits per heavy atom. The van der Waals surface area contributed by atoms with Gasteiger partial charge in [-0.3, -0.25) is 0 Å². The van der Waals surface area contributed by atoms with Crippen LogP contribution in [-0.2, 0) is 13.0 Å². The summed E-state index contributed by atoms with van der Waals surface area (Å²) in [6.07, 6.45) is 6.38. The Bertz CT molecular complexity index is 1100. The summed E-state index contributed by atoms with van der Waals surface area (Å²) in [6.45, 7) is 2.95. The van der Waals surface area contributed by atoms with E-state index in [0.29, 0.717) is 11.7 Å². The van der Waals surface area contributed by atoms with Crippen LogP contribution in [0.4, 0.5) is 0 Å². The number of hydrogen-bond acceptors (Lipinski definition) is 5. The fourth-order valence-electron chi connectivity index (χ4n) is 4.14. The first-order valence-corrected chi connectivity index (χ1v) is 10.4. The van der Waals surface area contributed by atoms with Crippen LogP contribution in [0.25, 0.3) is 22.4 Å². The first-order chi connectivity index (χ1) is 14.3. The Kier molecular flexibility index (Phi) is 6.45. The molecule has 0 radical (unpaired) electrons. The third-order valence-electron chi connectivity index (χ3n) is 5.69. The number of para-hydroxylation sites is 2. The van der Waals surface area contributed by atoms with Crippen molar-refractivity contribution in [1.29, 1.82) is 0 Å². The average molecular weight is 424 g/mol. The van der Waals surface area contributed by atoms with Gasteiger partial charge in [0.25, 0.3) is 0 Å². The molecular weight excluding hydrogens is 398 g/mol. The molecule has 0 bridgehead atoms. The number of imidazole rings is 1. The Balaban J connectivity index is 0.00000218. The van der Waals surface area contributed by atoms with Crippen LogP contribution in [0.3, 0.4) is 0 Å². The van der Waals surface area contributed by atoms with Gasteiger partial charge in [-0.25, -0.2) is 4.98 Å². The summed E-state index contributed by atoms with van der Waals surface area (Å²) in [5, 5.41) is 7.70. The minimum Gasteiger partial charge on any atom is -0.339 e. The molecule has 0 spiro atoms. The van der Waals surface area contributed by atoms with Gasteiger partial charge in [0.1, 0.15) is 0 Å². The van der Waals surface area contributed by atoms with Crippen molar-refractivity contribution in [3.63, 3.8) is 0 Å². The molecule has 30 heavy (non-hydrogen) atoms. The quantitative estimate of drug-likeness (QED) is 0.512. The number of aromatic nitrogens is 4. The van der Waals surface area contributed by atoms with Gasteiger partial charge in [-0.05, 0) is 62.0 Å². The molecule has 0 aliphatic carbocycles. The van der Waals surface area contributed by atoms with Gasteiger partial charge in [-0.2, -0.15) is 4.98 Å². The third kappa shape index (κ3) is 4.55. The highest BCUT2D eigenvalue weighted by molar-refractivity contribution is 5.85. The van der Waals surface area contributed by atoms with Crippen molar-refractivity contribution >= 4 is 23.4 Å². The number of fused-ring (bicyclic) bond motifs is 1. The van der Waals surface area contributed by atoms with E-state index in [-0.39, 0.29) is 12.4 Å². The van der Waals surface area contributed by atoms with Gasteiger partial charge < -0.3 is 14.4 Å². The maximum atomic E-state index is 5.57. The van der Waals surface area contributed by atoms with Crippen molar-refractivity contribution in [2.75, 3.05) is 13.1 Å². The van der Waals surface area contributed by atoms with Crippen molar-refractivity contribution < 1.29 is 4.52 Å². The van der Waals surface area contributed by atoms with E-state index in [1.165, 1.54) is 24.8 Å². The molecule has 4 aromatic rings. The second-order valence-corrected chi connectivity index (χ2v) is 7.82. The van der Waals surface area contributed by atoms with E-state index in [4.69, 9.17) is 4.52 Å². The Hall–Kier alpha value is -2.70. The minimum atomic E-state index is 0. The van der Waals surface area contributed by atoms with E-state index in [1.54, 1.807) is 0 Å². The second-order valence-electron chi connectivity index (χ2n) is 7.82. The molecule has 2 aromatic heterocycles. The summed E-state index contributed by atoms with van der Waals surface area (Å²) < 4.78 is 7.73. The molecule has 2 aromatic carbocycles. The number of benzene rings is 2. The molecule has 1 fully saturated rings. The normalized spacial score (nSPS) is 16.9. The summed E-state index contributed by atoms with van der Waals surface area (Å²) in [6, 6.07) is 16.5. The number of hydrogen-bond donors (Lipinski definition) is 1. The first-order valence-electron chi connectivity index (χ1n) is 10.4. The average Bonchev–Trinajstić information content (AvgIpc) is 3.29. The molecule has 1 saturated heterocycles. The van der Waals surface area contributed by atoms with E-state index < -0.39 is 0 Å². The van der Waals surface area contributed by atoms with Gasteiger partial charge in [0.15, 0.2) is 0 Å². The fourth-order valence-corrected chi connectivity index (χ4v) is 4.14. The lowest BCUT2D eigenvalue weighted by molar-refractivity contribution is 0.341. The van der Waals surface area contributed by atoms with Crippen LogP contribution in [0.1, 0.15) is 30.7 Å². The lowest BCUT2D eigenvalue weighted by atomic mass is 9.97. The van der Waals surface area contributed by atoms with Crippen LogP contribution in [0.15, 0.2) is 59.4 Å².